The molecule has 37 heavy (non-hydrogen) atoms. The van der Waals surface area contributed by atoms with Gasteiger partial charge in [-0.3, -0.25) is 14.9 Å². The summed E-state index contributed by atoms with van der Waals surface area (Å²) in [5, 5.41) is 4.73. The second-order valence-electron chi connectivity index (χ2n) is 9.16. The molecule has 11 nitrogen and oxygen atoms in total. The summed E-state index contributed by atoms with van der Waals surface area (Å²) >= 11 is 0.824. The molecule has 0 radical (unpaired) electrons. The lowest BCUT2D eigenvalue weighted by Crippen LogP contribution is -2.73. The molecule has 3 fully saturated rings. The topological polar surface area (TPSA) is 130 Å². The summed E-state index contributed by atoms with van der Waals surface area (Å²) in [6.07, 6.45) is 3.11. The van der Waals surface area contributed by atoms with E-state index in [1.807, 2.05) is 35.2 Å². The number of benzene rings is 1. The van der Waals surface area contributed by atoms with Gasteiger partial charge in [0, 0.05) is 43.3 Å². The first-order valence-corrected chi connectivity index (χ1v) is 12.4. The van der Waals surface area contributed by atoms with E-state index in [4.69, 9.17) is 9.15 Å². The number of amides is 4. The van der Waals surface area contributed by atoms with Crippen molar-refractivity contribution in [3.05, 3.63) is 71.2 Å². The lowest BCUT2D eigenvalue weighted by molar-refractivity contribution is -0.115. The quantitative estimate of drug-likeness (QED) is 0.472. The minimum atomic E-state index is -0.459. The normalized spacial score (nSPS) is 19.0. The molecule has 0 atom stereocenters. The van der Waals surface area contributed by atoms with Crippen molar-refractivity contribution in [2.45, 2.75) is 6.61 Å². The van der Waals surface area contributed by atoms with Crippen molar-refractivity contribution in [3.63, 3.8) is 0 Å². The number of carbonyl (C=O) groups is 3. The number of urea groups is 1. The molecule has 5 heterocycles. The Morgan fingerprint density at radius 2 is 1.95 bits per heavy atom. The molecule has 1 spiro atoms. The van der Waals surface area contributed by atoms with Crippen LogP contribution in [0.1, 0.15) is 11.5 Å². The van der Waals surface area contributed by atoms with Gasteiger partial charge in [0.2, 0.25) is 11.8 Å². The molecule has 6 rings (SSSR count). The zero-order valence-corrected chi connectivity index (χ0v) is 20.4. The zero-order valence-electron chi connectivity index (χ0n) is 19.5. The van der Waals surface area contributed by atoms with Gasteiger partial charge in [0.05, 0.1) is 16.9 Å². The first kappa shape index (κ1) is 23.1. The number of nitrogens with one attached hydrogen (secondary N) is 2. The van der Waals surface area contributed by atoms with E-state index < -0.39 is 11.1 Å². The van der Waals surface area contributed by atoms with Crippen LogP contribution in [0.4, 0.5) is 21.2 Å². The maximum absolute atomic E-state index is 12.5. The molecule has 0 aliphatic carbocycles. The van der Waals surface area contributed by atoms with Crippen molar-refractivity contribution in [3.8, 4) is 5.88 Å². The van der Waals surface area contributed by atoms with E-state index in [1.54, 1.807) is 35.4 Å². The highest BCUT2D eigenvalue weighted by Gasteiger charge is 2.54. The summed E-state index contributed by atoms with van der Waals surface area (Å²) in [5.41, 5.74) is 1.21. The van der Waals surface area contributed by atoms with Crippen LogP contribution < -0.4 is 20.3 Å². The summed E-state index contributed by atoms with van der Waals surface area (Å²) in [5.74, 6) is 0.958. The highest BCUT2D eigenvalue weighted by atomic mass is 32.2. The Morgan fingerprint density at radius 1 is 1.14 bits per heavy atom. The number of furan rings is 1. The minimum absolute atomic E-state index is 0.00530. The average molecular weight is 519 g/mol. The maximum atomic E-state index is 12.5. The van der Waals surface area contributed by atoms with Crippen LogP contribution in [0.3, 0.4) is 0 Å². The summed E-state index contributed by atoms with van der Waals surface area (Å²) in [7, 11) is 0. The van der Waals surface area contributed by atoms with Crippen LogP contribution in [0.15, 0.2) is 64.1 Å². The van der Waals surface area contributed by atoms with E-state index in [1.165, 1.54) is 0 Å². The van der Waals surface area contributed by atoms with Crippen LogP contribution in [0, 0.1) is 5.41 Å². The fourth-order valence-corrected chi connectivity index (χ4v) is 5.22. The number of ether oxygens (including phenoxy) is 1. The van der Waals surface area contributed by atoms with Crippen LogP contribution >= 0.6 is 11.8 Å². The molecular weight excluding hydrogens is 496 g/mol. The Kier molecular flexibility index (Phi) is 5.80. The van der Waals surface area contributed by atoms with Crippen LogP contribution in [0.25, 0.3) is 6.08 Å². The molecular formula is C25H22N6O5S. The van der Waals surface area contributed by atoms with E-state index in [9.17, 15) is 14.4 Å². The molecule has 2 aromatic heterocycles. The number of hydrogen-bond acceptors (Lipinski definition) is 9. The lowest BCUT2D eigenvalue weighted by atomic mass is 9.73. The number of aromatic nitrogens is 2. The third-order valence-electron chi connectivity index (χ3n) is 6.27. The van der Waals surface area contributed by atoms with Gasteiger partial charge in [0.15, 0.2) is 0 Å². The number of carbonyl (C=O) groups excluding carboxylic acids is 3. The smallest absolute Gasteiger partial charge is 0.321 e. The SMILES string of the molecule is O=C1NC(=O)/C(=C\c2cc(OCc3ccco3)nc(N3CC4(CN(C(=O)Nc5ccccc5)C4)C3)n2)S1. The third-order valence-corrected chi connectivity index (χ3v) is 7.08. The summed E-state index contributed by atoms with van der Waals surface area (Å²) in [4.78, 5) is 49.3. The van der Waals surface area contributed by atoms with Gasteiger partial charge < -0.3 is 24.3 Å². The fraction of sp³-hybridized carbons (Fsp3) is 0.240. The summed E-state index contributed by atoms with van der Waals surface area (Å²) in [6.45, 7) is 2.85. The molecule has 3 aliphatic rings. The molecule has 3 saturated heterocycles. The number of nitrogens with zero attached hydrogens (tertiary/aromatic N) is 4. The molecule has 3 aromatic rings. The van der Waals surface area contributed by atoms with Gasteiger partial charge >= 0.3 is 6.03 Å². The number of hydrogen-bond donors (Lipinski definition) is 2. The Morgan fingerprint density at radius 3 is 2.65 bits per heavy atom. The van der Waals surface area contributed by atoms with Crippen LogP contribution in [0.5, 0.6) is 5.88 Å². The van der Waals surface area contributed by atoms with Crippen LogP contribution in [0.2, 0.25) is 0 Å². The predicted octanol–water partition coefficient (Wildman–Crippen LogP) is 3.33. The molecule has 188 valence electrons. The number of likely N-dealkylation sites (tertiary alicyclic amines) is 1. The van der Waals surface area contributed by atoms with Gasteiger partial charge in [-0.1, -0.05) is 18.2 Å². The maximum Gasteiger partial charge on any atom is 0.321 e. The number of imide groups is 1. The molecule has 4 amide bonds. The highest BCUT2D eigenvalue weighted by molar-refractivity contribution is 8.18. The summed E-state index contributed by atoms with van der Waals surface area (Å²) in [6, 6.07) is 14.4. The van der Waals surface area contributed by atoms with E-state index >= 15 is 0 Å². The van der Waals surface area contributed by atoms with Gasteiger partial charge in [-0.2, -0.15) is 4.98 Å². The van der Waals surface area contributed by atoms with Gasteiger partial charge in [-0.05, 0) is 42.1 Å². The van der Waals surface area contributed by atoms with Crippen molar-refractivity contribution in [1.82, 2.24) is 20.2 Å². The lowest BCUT2D eigenvalue weighted by Gasteiger charge is -2.59. The Balaban J connectivity index is 1.14. The molecule has 0 saturated carbocycles. The van der Waals surface area contributed by atoms with Gasteiger partial charge in [0.25, 0.3) is 11.1 Å². The number of rotatable bonds is 6. The first-order chi connectivity index (χ1) is 17.9. The molecule has 3 aliphatic heterocycles. The van der Waals surface area contributed by atoms with Crippen molar-refractivity contribution >= 4 is 46.7 Å². The number of para-hydroxylation sites is 1. The van der Waals surface area contributed by atoms with Crippen molar-refractivity contribution in [1.29, 1.82) is 0 Å². The third kappa shape index (κ3) is 4.87. The van der Waals surface area contributed by atoms with Crippen molar-refractivity contribution in [2.24, 2.45) is 5.41 Å². The van der Waals surface area contributed by atoms with E-state index in [-0.39, 0.29) is 23.0 Å². The largest absolute Gasteiger partial charge is 0.469 e. The van der Waals surface area contributed by atoms with Gasteiger partial charge in [0.1, 0.15) is 12.4 Å². The molecule has 12 heteroatoms. The standard InChI is InChI=1S/C25H22N6O5S/c32-21-19(37-24(34)29-21)9-17-10-20(36-11-18-7-4-8-35-18)28-22(26-17)30-12-25(13-30)14-31(15-25)23(33)27-16-5-2-1-3-6-16/h1-10H,11-15H2,(H,27,33)(H,29,32,34)/b19-9+. The highest BCUT2D eigenvalue weighted by Crippen LogP contribution is 2.41. The second-order valence-corrected chi connectivity index (χ2v) is 10.2. The number of anilines is 2. The van der Waals surface area contributed by atoms with Crippen molar-refractivity contribution in [2.75, 3.05) is 36.4 Å². The second kappa shape index (κ2) is 9.28. The minimum Gasteiger partial charge on any atom is -0.469 e. The summed E-state index contributed by atoms with van der Waals surface area (Å²) < 4.78 is 11.1. The molecule has 2 N–H and O–H groups in total. The first-order valence-electron chi connectivity index (χ1n) is 11.6. The molecule has 1 aromatic carbocycles. The van der Waals surface area contributed by atoms with E-state index in [0.29, 0.717) is 49.5 Å². The fourth-order valence-electron chi connectivity index (χ4n) is 4.55. The van der Waals surface area contributed by atoms with Gasteiger partial charge in [-0.15, -0.1) is 0 Å². The van der Waals surface area contributed by atoms with E-state index in [0.717, 1.165) is 17.4 Å². The number of thioether (sulfide) groups is 1. The Hall–Kier alpha value is -4.32. The van der Waals surface area contributed by atoms with Gasteiger partial charge in [-0.25, -0.2) is 9.78 Å². The van der Waals surface area contributed by atoms with Crippen LogP contribution in [-0.4, -0.2) is 58.2 Å². The van der Waals surface area contributed by atoms with Crippen molar-refractivity contribution < 1.29 is 23.5 Å². The Labute approximate surface area is 215 Å². The zero-order chi connectivity index (χ0) is 25.4. The van der Waals surface area contributed by atoms with Crippen LogP contribution in [-0.2, 0) is 11.4 Å². The predicted molar refractivity (Wildman–Crippen MR) is 136 cm³/mol. The Bertz CT molecular complexity index is 1380. The monoisotopic (exact) mass is 518 g/mol. The molecule has 0 bridgehead atoms. The van der Waals surface area contributed by atoms with E-state index in [2.05, 4.69) is 20.6 Å². The average Bonchev–Trinajstić information content (AvgIpc) is 3.45. The molecule has 0 unspecified atom stereocenters.